The van der Waals surface area contributed by atoms with E-state index < -0.39 is 0 Å². The molecule has 0 aliphatic carbocycles. The number of aromatic amines is 1. The van der Waals surface area contributed by atoms with Gasteiger partial charge in [0.15, 0.2) is 0 Å². The normalized spacial score (nSPS) is 16.1. The highest BCUT2D eigenvalue weighted by Crippen LogP contribution is 2.32. The summed E-state index contributed by atoms with van der Waals surface area (Å²) < 4.78 is 10.7. The minimum absolute atomic E-state index is 0.0624. The number of carbonyl (C=O) groups excluding carboxylic acids is 1. The van der Waals surface area contributed by atoms with Crippen molar-refractivity contribution in [1.29, 1.82) is 0 Å². The van der Waals surface area contributed by atoms with Gasteiger partial charge >= 0.3 is 0 Å². The molecule has 3 aromatic heterocycles. The summed E-state index contributed by atoms with van der Waals surface area (Å²) in [5.74, 6) is 2.84. The Morgan fingerprint density at radius 3 is 2.85 bits per heavy atom. The molecule has 0 saturated carbocycles. The van der Waals surface area contributed by atoms with Crippen molar-refractivity contribution >= 4 is 11.7 Å². The smallest absolute Gasteiger partial charge is 0.256 e. The molecule has 1 fully saturated rings. The summed E-state index contributed by atoms with van der Waals surface area (Å²) in [6.07, 6.45) is 7.21. The first-order valence-corrected chi connectivity index (χ1v) is 10.7. The van der Waals surface area contributed by atoms with Crippen LogP contribution < -0.4 is 10.1 Å². The minimum Gasteiger partial charge on any atom is -0.497 e. The molecule has 1 aliphatic rings. The summed E-state index contributed by atoms with van der Waals surface area (Å²) in [5, 5.41) is 6.92. The standard InChI is InChI=1S/C23H23N7O3/c1-32-17-7-4-15(5-8-17)22(31)27-19-9-6-16(13-26-19)21-28-23(33-29-21)18-3-2-12-30(18)14-20-24-10-11-25-20/h4-11,13,18H,2-3,12,14H2,1H3,(H,24,25)(H,26,27,31). The van der Waals surface area contributed by atoms with Crippen LogP contribution in [0, 0.1) is 0 Å². The summed E-state index contributed by atoms with van der Waals surface area (Å²) in [6, 6.07) is 10.4. The molecule has 4 aromatic rings. The third-order valence-corrected chi connectivity index (χ3v) is 5.61. The van der Waals surface area contributed by atoms with Gasteiger partial charge in [0, 0.05) is 29.7 Å². The van der Waals surface area contributed by atoms with Crippen LogP contribution in [0.4, 0.5) is 5.82 Å². The van der Waals surface area contributed by atoms with Crippen LogP contribution in [0.2, 0.25) is 0 Å². The highest BCUT2D eigenvalue weighted by Gasteiger charge is 2.31. The second kappa shape index (κ2) is 9.21. The maximum absolute atomic E-state index is 12.4. The molecule has 0 bridgehead atoms. The van der Waals surface area contributed by atoms with E-state index in [2.05, 4.69) is 35.3 Å². The lowest BCUT2D eigenvalue weighted by molar-refractivity contribution is 0.102. The summed E-state index contributed by atoms with van der Waals surface area (Å²) in [5.41, 5.74) is 1.23. The van der Waals surface area contributed by atoms with Crippen molar-refractivity contribution in [3.63, 3.8) is 0 Å². The molecule has 0 radical (unpaired) electrons. The number of hydrogen-bond donors (Lipinski definition) is 2. The molecule has 5 rings (SSSR count). The molecule has 1 saturated heterocycles. The fourth-order valence-corrected chi connectivity index (χ4v) is 3.89. The number of hydrogen-bond acceptors (Lipinski definition) is 8. The molecule has 1 unspecified atom stereocenters. The van der Waals surface area contributed by atoms with Crippen molar-refractivity contribution in [2.24, 2.45) is 0 Å². The number of methoxy groups -OCH3 is 1. The molecular formula is C23H23N7O3. The van der Waals surface area contributed by atoms with Crippen LogP contribution in [-0.2, 0) is 6.54 Å². The van der Waals surface area contributed by atoms with Crippen molar-refractivity contribution in [2.75, 3.05) is 19.0 Å². The van der Waals surface area contributed by atoms with Crippen molar-refractivity contribution in [1.82, 2.24) is 30.0 Å². The molecule has 2 N–H and O–H groups in total. The Labute approximate surface area is 190 Å². The van der Waals surface area contributed by atoms with Gasteiger partial charge in [-0.3, -0.25) is 9.69 Å². The Morgan fingerprint density at radius 1 is 1.24 bits per heavy atom. The molecule has 1 aromatic carbocycles. The predicted molar refractivity (Wildman–Crippen MR) is 119 cm³/mol. The summed E-state index contributed by atoms with van der Waals surface area (Å²) in [4.78, 5) is 31.1. The van der Waals surface area contributed by atoms with E-state index in [0.717, 1.165) is 25.2 Å². The lowest BCUT2D eigenvalue weighted by Gasteiger charge is -2.19. The highest BCUT2D eigenvalue weighted by molar-refractivity contribution is 6.03. The SMILES string of the molecule is COc1ccc(C(=O)Nc2ccc(-c3noc(C4CCCN4Cc4ncc[nH]4)n3)cn2)cc1. The number of nitrogens with zero attached hydrogens (tertiary/aromatic N) is 5. The Balaban J connectivity index is 1.24. The molecule has 1 amide bonds. The first-order valence-electron chi connectivity index (χ1n) is 10.7. The number of H-pyrrole nitrogens is 1. The van der Waals surface area contributed by atoms with Crippen molar-refractivity contribution in [3.05, 3.63) is 72.3 Å². The fourth-order valence-electron chi connectivity index (χ4n) is 3.89. The summed E-state index contributed by atoms with van der Waals surface area (Å²) >= 11 is 0. The maximum atomic E-state index is 12.4. The number of carbonyl (C=O) groups is 1. The third kappa shape index (κ3) is 4.60. The first-order chi connectivity index (χ1) is 16.2. The average Bonchev–Trinajstić information content (AvgIpc) is 3.62. The van der Waals surface area contributed by atoms with E-state index >= 15 is 0 Å². The third-order valence-electron chi connectivity index (χ3n) is 5.61. The monoisotopic (exact) mass is 445 g/mol. The summed E-state index contributed by atoms with van der Waals surface area (Å²) in [7, 11) is 1.58. The van der Waals surface area contributed by atoms with E-state index in [1.165, 1.54) is 0 Å². The molecule has 10 nitrogen and oxygen atoms in total. The number of rotatable bonds is 7. The maximum Gasteiger partial charge on any atom is 0.256 e. The number of amides is 1. The Kier molecular flexibility index (Phi) is 5.81. The average molecular weight is 445 g/mol. The number of likely N-dealkylation sites (tertiary alicyclic amines) is 1. The van der Waals surface area contributed by atoms with E-state index in [1.807, 2.05) is 6.20 Å². The first kappa shape index (κ1) is 20.8. The lowest BCUT2D eigenvalue weighted by Crippen LogP contribution is -2.23. The van der Waals surface area contributed by atoms with Crippen LogP contribution in [0.5, 0.6) is 5.75 Å². The molecule has 33 heavy (non-hydrogen) atoms. The van der Waals surface area contributed by atoms with Gasteiger partial charge in [0.05, 0.1) is 19.7 Å². The van der Waals surface area contributed by atoms with Crippen LogP contribution in [0.15, 0.2) is 59.5 Å². The second-order valence-electron chi connectivity index (χ2n) is 7.74. The molecule has 10 heteroatoms. The van der Waals surface area contributed by atoms with Crippen molar-refractivity contribution < 1.29 is 14.1 Å². The Morgan fingerprint density at radius 2 is 2.12 bits per heavy atom. The van der Waals surface area contributed by atoms with Crippen molar-refractivity contribution in [3.8, 4) is 17.1 Å². The zero-order chi connectivity index (χ0) is 22.6. The van der Waals surface area contributed by atoms with E-state index in [1.54, 1.807) is 55.9 Å². The molecule has 1 atom stereocenters. The van der Waals surface area contributed by atoms with Gasteiger partial charge < -0.3 is 19.6 Å². The molecule has 1 aliphatic heterocycles. The van der Waals surface area contributed by atoms with Gasteiger partial charge in [-0.25, -0.2) is 9.97 Å². The van der Waals surface area contributed by atoms with Crippen molar-refractivity contribution in [2.45, 2.75) is 25.4 Å². The number of aromatic nitrogens is 5. The van der Waals surface area contributed by atoms with Crippen LogP contribution in [0.25, 0.3) is 11.4 Å². The van der Waals surface area contributed by atoms with Crippen LogP contribution in [0.3, 0.4) is 0 Å². The quantitative estimate of drug-likeness (QED) is 0.444. The van der Waals surface area contributed by atoms with E-state index in [-0.39, 0.29) is 11.9 Å². The number of pyridine rings is 1. The largest absolute Gasteiger partial charge is 0.497 e. The number of benzene rings is 1. The fraction of sp³-hybridized carbons (Fsp3) is 0.261. The van der Waals surface area contributed by atoms with E-state index in [0.29, 0.717) is 41.0 Å². The molecule has 168 valence electrons. The minimum atomic E-state index is -0.252. The number of anilines is 1. The second-order valence-corrected chi connectivity index (χ2v) is 7.74. The van der Waals surface area contributed by atoms with Gasteiger partial charge in [-0.15, -0.1) is 0 Å². The lowest BCUT2D eigenvalue weighted by atomic mass is 10.2. The van der Waals surface area contributed by atoms with E-state index in [4.69, 9.17) is 9.26 Å². The topological polar surface area (TPSA) is 122 Å². The predicted octanol–water partition coefficient (Wildman–Crippen LogP) is 3.45. The van der Waals surface area contributed by atoms with Gasteiger partial charge in [0.2, 0.25) is 11.7 Å². The zero-order valence-corrected chi connectivity index (χ0v) is 18.1. The van der Waals surface area contributed by atoms with Crippen LogP contribution in [-0.4, -0.2) is 49.6 Å². The van der Waals surface area contributed by atoms with E-state index in [9.17, 15) is 4.79 Å². The van der Waals surface area contributed by atoms with Crippen LogP contribution in [0.1, 0.15) is 41.0 Å². The number of imidazole rings is 1. The van der Waals surface area contributed by atoms with Gasteiger partial charge in [-0.2, -0.15) is 4.98 Å². The zero-order valence-electron chi connectivity index (χ0n) is 18.1. The number of nitrogens with one attached hydrogen (secondary N) is 2. The highest BCUT2D eigenvalue weighted by atomic mass is 16.5. The Bertz CT molecular complexity index is 1200. The van der Waals surface area contributed by atoms with Gasteiger partial charge in [0.1, 0.15) is 17.4 Å². The summed E-state index contributed by atoms with van der Waals surface area (Å²) in [6.45, 7) is 1.66. The molecular weight excluding hydrogens is 422 g/mol. The molecule has 0 spiro atoms. The Hall–Kier alpha value is -4.05. The molecule has 4 heterocycles. The van der Waals surface area contributed by atoms with Gasteiger partial charge in [0.25, 0.3) is 5.91 Å². The van der Waals surface area contributed by atoms with Crippen LogP contribution >= 0.6 is 0 Å². The van der Waals surface area contributed by atoms with Gasteiger partial charge in [-0.05, 0) is 55.8 Å². The van der Waals surface area contributed by atoms with Gasteiger partial charge in [-0.1, -0.05) is 5.16 Å². The number of ether oxygens (including phenoxy) is 1.